The molecule has 0 amide bonds. The van der Waals surface area contributed by atoms with Gasteiger partial charge in [0.15, 0.2) is 0 Å². The summed E-state index contributed by atoms with van der Waals surface area (Å²) in [7, 11) is 3.83. The van der Waals surface area contributed by atoms with Crippen molar-refractivity contribution in [2.75, 3.05) is 44.4 Å². The molecule has 1 aliphatic heterocycles. The third-order valence-electron chi connectivity index (χ3n) is 3.54. The standard InChI is InChI=1S/C13H21N3O/c1-10-9-16(7-6-15(10)2)11-4-5-12(14)13(8-11)17-3/h4-5,8,10H,6-7,9,14H2,1-3H3. The third-order valence-corrected chi connectivity index (χ3v) is 3.54. The normalized spacial score (nSPS) is 21.6. The molecule has 0 spiro atoms. The van der Waals surface area contributed by atoms with E-state index in [0.717, 1.165) is 25.4 Å². The summed E-state index contributed by atoms with van der Waals surface area (Å²) in [6.45, 7) is 5.44. The molecule has 1 aromatic rings. The molecule has 1 heterocycles. The van der Waals surface area contributed by atoms with E-state index in [1.807, 2.05) is 12.1 Å². The highest BCUT2D eigenvalue weighted by Gasteiger charge is 2.21. The summed E-state index contributed by atoms with van der Waals surface area (Å²) >= 11 is 0. The maximum Gasteiger partial charge on any atom is 0.143 e. The summed E-state index contributed by atoms with van der Waals surface area (Å²) in [6.07, 6.45) is 0. The average molecular weight is 235 g/mol. The van der Waals surface area contributed by atoms with Gasteiger partial charge >= 0.3 is 0 Å². The smallest absolute Gasteiger partial charge is 0.143 e. The molecule has 0 aliphatic carbocycles. The van der Waals surface area contributed by atoms with Crippen LogP contribution in [0.25, 0.3) is 0 Å². The summed E-state index contributed by atoms with van der Waals surface area (Å²) < 4.78 is 5.26. The molecule has 0 aromatic heterocycles. The van der Waals surface area contributed by atoms with Crippen molar-refractivity contribution in [3.05, 3.63) is 18.2 Å². The van der Waals surface area contributed by atoms with Gasteiger partial charge in [0.2, 0.25) is 0 Å². The van der Waals surface area contributed by atoms with Gasteiger partial charge in [-0.1, -0.05) is 0 Å². The molecule has 1 saturated heterocycles. The lowest BCUT2D eigenvalue weighted by Gasteiger charge is -2.39. The summed E-state index contributed by atoms with van der Waals surface area (Å²) in [5.74, 6) is 0.758. The van der Waals surface area contributed by atoms with E-state index in [9.17, 15) is 0 Å². The van der Waals surface area contributed by atoms with Crippen LogP contribution in [0.1, 0.15) is 6.92 Å². The number of likely N-dealkylation sites (N-methyl/N-ethyl adjacent to an activating group) is 1. The zero-order valence-electron chi connectivity index (χ0n) is 10.8. The summed E-state index contributed by atoms with van der Waals surface area (Å²) in [4.78, 5) is 4.76. The molecule has 1 aliphatic rings. The molecule has 4 heteroatoms. The zero-order chi connectivity index (χ0) is 12.4. The molecule has 0 saturated carbocycles. The van der Waals surface area contributed by atoms with E-state index in [0.29, 0.717) is 11.7 Å². The van der Waals surface area contributed by atoms with Gasteiger partial charge in [-0.3, -0.25) is 0 Å². The molecule has 1 aromatic carbocycles. The predicted molar refractivity (Wildman–Crippen MR) is 71.7 cm³/mol. The molecule has 2 N–H and O–H groups in total. The van der Waals surface area contributed by atoms with Crippen LogP contribution in [0.3, 0.4) is 0 Å². The fraction of sp³-hybridized carbons (Fsp3) is 0.538. The summed E-state index contributed by atoms with van der Waals surface area (Å²) in [5, 5.41) is 0. The molecule has 0 radical (unpaired) electrons. The largest absolute Gasteiger partial charge is 0.495 e. The molecule has 94 valence electrons. The number of rotatable bonds is 2. The molecule has 1 unspecified atom stereocenters. The third kappa shape index (κ3) is 2.47. The summed E-state index contributed by atoms with van der Waals surface area (Å²) in [5.41, 5.74) is 7.71. The van der Waals surface area contributed by atoms with Crippen LogP contribution in [-0.2, 0) is 0 Å². The van der Waals surface area contributed by atoms with Crippen LogP contribution >= 0.6 is 0 Å². The number of anilines is 2. The summed E-state index contributed by atoms with van der Waals surface area (Å²) in [6, 6.07) is 6.58. The van der Waals surface area contributed by atoms with Crippen molar-refractivity contribution >= 4 is 11.4 Å². The fourth-order valence-electron chi connectivity index (χ4n) is 2.18. The molecular formula is C13H21N3O. The second kappa shape index (κ2) is 4.84. The Bertz CT molecular complexity index is 394. The van der Waals surface area contributed by atoms with E-state index < -0.39 is 0 Å². The minimum absolute atomic E-state index is 0.576. The van der Waals surface area contributed by atoms with E-state index in [1.165, 1.54) is 5.69 Å². The van der Waals surface area contributed by atoms with Crippen LogP contribution < -0.4 is 15.4 Å². The van der Waals surface area contributed by atoms with Gasteiger partial charge in [0.05, 0.1) is 12.8 Å². The average Bonchev–Trinajstić information content (AvgIpc) is 2.33. The molecule has 1 fully saturated rings. The van der Waals surface area contributed by atoms with Gasteiger partial charge in [0, 0.05) is 37.4 Å². The Labute approximate surface area is 103 Å². The van der Waals surface area contributed by atoms with E-state index in [1.54, 1.807) is 7.11 Å². The first kappa shape index (κ1) is 12.0. The van der Waals surface area contributed by atoms with E-state index in [2.05, 4.69) is 29.8 Å². The molecule has 17 heavy (non-hydrogen) atoms. The quantitative estimate of drug-likeness (QED) is 0.787. The van der Waals surface area contributed by atoms with Crippen LogP contribution in [0.4, 0.5) is 11.4 Å². The van der Waals surface area contributed by atoms with Crippen LogP contribution in [0.5, 0.6) is 5.75 Å². The zero-order valence-corrected chi connectivity index (χ0v) is 10.8. The Morgan fingerprint density at radius 3 is 2.76 bits per heavy atom. The lowest BCUT2D eigenvalue weighted by molar-refractivity contribution is 0.234. The van der Waals surface area contributed by atoms with Crippen molar-refractivity contribution in [2.45, 2.75) is 13.0 Å². The minimum atomic E-state index is 0.576. The molecular weight excluding hydrogens is 214 g/mol. The SMILES string of the molecule is COc1cc(N2CCN(C)C(C)C2)ccc1N. The Morgan fingerprint density at radius 1 is 1.35 bits per heavy atom. The monoisotopic (exact) mass is 235 g/mol. The lowest BCUT2D eigenvalue weighted by Crippen LogP contribution is -2.50. The van der Waals surface area contributed by atoms with Crippen molar-refractivity contribution in [3.63, 3.8) is 0 Å². The van der Waals surface area contributed by atoms with Gasteiger partial charge in [-0.2, -0.15) is 0 Å². The van der Waals surface area contributed by atoms with Crippen LogP contribution in [0.2, 0.25) is 0 Å². The van der Waals surface area contributed by atoms with Gasteiger partial charge in [0.1, 0.15) is 5.75 Å². The Balaban J connectivity index is 2.17. The van der Waals surface area contributed by atoms with Crippen LogP contribution in [-0.4, -0.2) is 44.7 Å². The number of hydrogen-bond donors (Lipinski definition) is 1. The van der Waals surface area contributed by atoms with Gasteiger partial charge < -0.3 is 20.3 Å². The maximum atomic E-state index is 5.83. The van der Waals surface area contributed by atoms with Crippen LogP contribution in [0.15, 0.2) is 18.2 Å². The van der Waals surface area contributed by atoms with Crippen molar-refractivity contribution in [1.29, 1.82) is 0 Å². The Hall–Kier alpha value is -1.42. The lowest BCUT2D eigenvalue weighted by atomic mass is 10.1. The first-order chi connectivity index (χ1) is 8.11. The second-order valence-electron chi connectivity index (χ2n) is 4.70. The number of ether oxygens (including phenoxy) is 1. The topological polar surface area (TPSA) is 41.7 Å². The van der Waals surface area contributed by atoms with Crippen molar-refractivity contribution in [1.82, 2.24) is 4.90 Å². The highest BCUT2D eigenvalue weighted by atomic mass is 16.5. The molecule has 0 bridgehead atoms. The Kier molecular flexibility index (Phi) is 3.43. The van der Waals surface area contributed by atoms with Gasteiger partial charge in [-0.05, 0) is 26.1 Å². The molecule has 2 rings (SSSR count). The first-order valence-electron chi connectivity index (χ1n) is 6.00. The van der Waals surface area contributed by atoms with Crippen molar-refractivity contribution < 1.29 is 4.74 Å². The number of hydrogen-bond acceptors (Lipinski definition) is 4. The highest BCUT2D eigenvalue weighted by Crippen LogP contribution is 2.28. The predicted octanol–water partition coefficient (Wildman–Crippen LogP) is 1.42. The number of piperazine rings is 1. The Morgan fingerprint density at radius 2 is 2.12 bits per heavy atom. The minimum Gasteiger partial charge on any atom is -0.495 e. The van der Waals surface area contributed by atoms with Crippen molar-refractivity contribution in [2.24, 2.45) is 0 Å². The molecule has 1 atom stereocenters. The van der Waals surface area contributed by atoms with E-state index >= 15 is 0 Å². The van der Waals surface area contributed by atoms with Gasteiger partial charge in [0.25, 0.3) is 0 Å². The van der Waals surface area contributed by atoms with Crippen LogP contribution in [0, 0.1) is 0 Å². The fourth-order valence-corrected chi connectivity index (χ4v) is 2.18. The number of methoxy groups -OCH3 is 1. The molecule has 4 nitrogen and oxygen atoms in total. The highest BCUT2D eigenvalue weighted by molar-refractivity contribution is 5.62. The second-order valence-corrected chi connectivity index (χ2v) is 4.70. The number of nitrogens with two attached hydrogens (primary N) is 1. The first-order valence-corrected chi connectivity index (χ1v) is 6.00. The van der Waals surface area contributed by atoms with Crippen molar-refractivity contribution in [3.8, 4) is 5.75 Å². The number of nitrogen functional groups attached to an aromatic ring is 1. The number of nitrogens with zero attached hydrogens (tertiary/aromatic N) is 2. The maximum absolute atomic E-state index is 5.83. The number of benzene rings is 1. The van der Waals surface area contributed by atoms with E-state index in [-0.39, 0.29) is 0 Å². The van der Waals surface area contributed by atoms with Gasteiger partial charge in [-0.15, -0.1) is 0 Å². The van der Waals surface area contributed by atoms with Gasteiger partial charge in [-0.25, -0.2) is 0 Å². The van der Waals surface area contributed by atoms with E-state index in [4.69, 9.17) is 10.5 Å².